The molecule has 2 aromatic carbocycles. The van der Waals surface area contributed by atoms with Gasteiger partial charge in [0.1, 0.15) is 12.4 Å². The van der Waals surface area contributed by atoms with Gasteiger partial charge in [0.2, 0.25) is 0 Å². The number of allylic oxidation sites excluding steroid dienone is 1. The summed E-state index contributed by atoms with van der Waals surface area (Å²) >= 11 is 1.70. The van der Waals surface area contributed by atoms with Crippen molar-refractivity contribution in [3.8, 4) is 5.75 Å². The van der Waals surface area contributed by atoms with Crippen LogP contribution in [0.1, 0.15) is 35.3 Å². The van der Waals surface area contributed by atoms with Crippen LogP contribution in [0.15, 0.2) is 64.8 Å². The number of ether oxygens (including phenoxy) is 3. The van der Waals surface area contributed by atoms with E-state index in [1.54, 1.807) is 50.2 Å². The van der Waals surface area contributed by atoms with Crippen LogP contribution in [0.2, 0.25) is 0 Å². The standard InChI is InChI=1S/C26H29N3O5S/c1-17-22(25(31)34-14-13-32-2)23(29-12-5-15-35-26(29)27-17)18-8-10-20(11-9-18)28-24(30)19-6-4-7-21(16-19)33-3/h4,6-11,16,23H,5,12-15H2,1-3H3,(H,28,30)/t23-/m0/s1. The molecule has 2 aliphatic heterocycles. The average molecular weight is 496 g/mol. The number of carbonyl (C=O) groups excluding carboxylic acids is 2. The summed E-state index contributed by atoms with van der Waals surface area (Å²) in [5.74, 6) is 1.000. The molecule has 2 aromatic rings. The predicted molar refractivity (Wildman–Crippen MR) is 137 cm³/mol. The van der Waals surface area contributed by atoms with E-state index in [2.05, 4.69) is 10.2 Å². The summed E-state index contributed by atoms with van der Waals surface area (Å²) in [7, 11) is 3.13. The molecular formula is C26H29N3O5S. The minimum atomic E-state index is -0.390. The second-order valence-electron chi connectivity index (χ2n) is 8.13. The van der Waals surface area contributed by atoms with Crippen LogP contribution in [0.3, 0.4) is 0 Å². The van der Waals surface area contributed by atoms with E-state index in [1.165, 1.54) is 0 Å². The van der Waals surface area contributed by atoms with Gasteiger partial charge in [-0.2, -0.15) is 0 Å². The maximum absolute atomic E-state index is 13.1. The number of hydrogen-bond acceptors (Lipinski definition) is 8. The molecule has 0 aliphatic carbocycles. The van der Waals surface area contributed by atoms with Crippen LogP contribution in [-0.4, -0.2) is 61.7 Å². The Hall–Kier alpha value is -3.30. The van der Waals surface area contributed by atoms with E-state index in [4.69, 9.17) is 19.2 Å². The predicted octanol–water partition coefficient (Wildman–Crippen LogP) is 4.26. The van der Waals surface area contributed by atoms with Crippen LogP contribution in [0, 0.1) is 0 Å². The molecule has 0 unspecified atom stereocenters. The highest BCUT2D eigenvalue weighted by Gasteiger charge is 2.37. The second kappa shape index (κ2) is 11.4. The number of benzene rings is 2. The number of thioether (sulfide) groups is 1. The first kappa shape index (κ1) is 24.8. The Kier molecular flexibility index (Phi) is 8.09. The summed E-state index contributed by atoms with van der Waals surface area (Å²) < 4.78 is 15.7. The van der Waals surface area contributed by atoms with Gasteiger partial charge in [-0.25, -0.2) is 9.79 Å². The molecule has 0 radical (unpaired) electrons. The first-order valence-corrected chi connectivity index (χ1v) is 12.4. The highest BCUT2D eigenvalue weighted by Crippen LogP contribution is 2.40. The Balaban J connectivity index is 1.58. The van der Waals surface area contributed by atoms with Gasteiger partial charge >= 0.3 is 5.97 Å². The number of amides is 1. The number of nitrogens with zero attached hydrogens (tertiary/aromatic N) is 2. The number of rotatable bonds is 8. The molecule has 0 aromatic heterocycles. The minimum absolute atomic E-state index is 0.180. The molecule has 2 aliphatic rings. The van der Waals surface area contributed by atoms with Crippen LogP contribution < -0.4 is 10.1 Å². The van der Waals surface area contributed by atoms with Crippen molar-refractivity contribution in [1.82, 2.24) is 4.90 Å². The molecule has 9 heteroatoms. The largest absolute Gasteiger partial charge is 0.497 e. The molecule has 0 spiro atoms. The molecule has 2 heterocycles. The number of amidine groups is 1. The monoisotopic (exact) mass is 495 g/mol. The van der Waals surface area contributed by atoms with Gasteiger partial charge in [-0.05, 0) is 49.2 Å². The second-order valence-corrected chi connectivity index (χ2v) is 9.19. The third-order valence-electron chi connectivity index (χ3n) is 5.82. The van der Waals surface area contributed by atoms with Gasteiger partial charge in [0.05, 0.1) is 31.0 Å². The molecule has 0 saturated carbocycles. The molecule has 1 fully saturated rings. The zero-order valence-electron chi connectivity index (χ0n) is 20.1. The van der Waals surface area contributed by atoms with Crippen molar-refractivity contribution < 1.29 is 23.8 Å². The number of aliphatic imine (C=N–C) groups is 1. The number of anilines is 1. The van der Waals surface area contributed by atoms with E-state index in [1.807, 2.05) is 31.2 Å². The zero-order valence-corrected chi connectivity index (χ0v) is 20.9. The van der Waals surface area contributed by atoms with E-state index in [0.29, 0.717) is 34.9 Å². The lowest BCUT2D eigenvalue weighted by molar-refractivity contribution is -0.141. The summed E-state index contributed by atoms with van der Waals surface area (Å²) in [6.07, 6.45) is 1.000. The van der Waals surface area contributed by atoms with Crippen LogP contribution in [0.4, 0.5) is 5.69 Å². The molecule has 1 N–H and O–H groups in total. The van der Waals surface area contributed by atoms with Gasteiger partial charge in [-0.3, -0.25) is 4.79 Å². The maximum Gasteiger partial charge on any atom is 0.338 e. The topological polar surface area (TPSA) is 89.5 Å². The molecule has 8 nitrogen and oxygen atoms in total. The minimum Gasteiger partial charge on any atom is -0.497 e. The zero-order chi connectivity index (χ0) is 24.8. The first-order valence-electron chi connectivity index (χ1n) is 11.4. The average Bonchev–Trinajstić information content (AvgIpc) is 2.88. The summed E-state index contributed by atoms with van der Waals surface area (Å²) in [5, 5.41) is 3.84. The number of fused-ring (bicyclic) bond motifs is 1. The Morgan fingerprint density at radius 1 is 1.14 bits per heavy atom. The fraction of sp³-hybridized carbons (Fsp3) is 0.346. The maximum atomic E-state index is 13.1. The fourth-order valence-electron chi connectivity index (χ4n) is 4.09. The third-order valence-corrected chi connectivity index (χ3v) is 6.89. The lowest BCUT2D eigenvalue weighted by Crippen LogP contribution is -2.42. The van der Waals surface area contributed by atoms with Gasteiger partial charge in [0, 0.05) is 30.7 Å². The van der Waals surface area contributed by atoms with Crippen LogP contribution in [-0.2, 0) is 14.3 Å². The number of hydrogen-bond donors (Lipinski definition) is 1. The smallest absolute Gasteiger partial charge is 0.338 e. The van der Waals surface area contributed by atoms with Gasteiger partial charge in [-0.1, -0.05) is 30.0 Å². The van der Waals surface area contributed by atoms with E-state index >= 15 is 0 Å². The van der Waals surface area contributed by atoms with E-state index in [0.717, 1.165) is 29.4 Å². The Bertz CT molecular complexity index is 1150. The van der Waals surface area contributed by atoms with Crippen molar-refractivity contribution >= 4 is 34.5 Å². The fourth-order valence-corrected chi connectivity index (χ4v) is 5.11. The molecule has 1 amide bonds. The summed E-state index contributed by atoms with van der Waals surface area (Å²) in [6.45, 7) is 3.16. The van der Waals surface area contributed by atoms with Crippen LogP contribution in [0.25, 0.3) is 0 Å². The number of carbonyl (C=O) groups is 2. The van der Waals surface area contributed by atoms with Crippen molar-refractivity contribution in [2.45, 2.75) is 19.4 Å². The van der Waals surface area contributed by atoms with E-state index < -0.39 is 5.97 Å². The molecule has 0 bridgehead atoms. The Labute approximate surface area is 209 Å². The highest BCUT2D eigenvalue weighted by atomic mass is 32.2. The lowest BCUT2D eigenvalue weighted by Gasteiger charge is -2.40. The van der Waals surface area contributed by atoms with Crippen molar-refractivity contribution in [2.24, 2.45) is 4.99 Å². The number of nitrogens with one attached hydrogen (secondary N) is 1. The summed E-state index contributed by atoms with van der Waals surface area (Å²) in [4.78, 5) is 32.6. The molecular weight excluding hydrogens is 466 g/mol. The first-order chi connectivity index (χ1) is 17.0. The van der Waals surface area contributed by atoms with Gasteiger partial charge in [-0.15, -0.1) is 0 Å². The Morgan fingerprint density at radius 3 is 2.69 bits per heavy atom. The molecule has 35 heavy (non-hydrogen) atoms. The number of esters is 1. The van der Waals surface area contributed by atoms with Gasteiger partial charge in [0.15, 0.2) is 5.17 Å². The van der Waals surface area contributed by atoms with Gasteiger partial charge in [0.25, 0.3) is 5.91 Å². The quantitative estimate of drug-likeness (QED) is 0.432. The van der Waals surface area contributed by atoms with Crippen LogP contribution in [0.5, 0.6) is 5.75 Å². The van der Waals surface area contributed by atoms with Crippen molar-refractivity contribution in [3.63, 3.8) is 0 Å². The van der Waals surface area contributed by atoms with Crippen molar-refractivity contribution in [2.75, 3.05) is 45.0 Å². The summed E-state index contributed by atoms with van der Waals surface area (Å²) in [6, 6.07) is 14.2. The Morgan fingerprint density at radius 2 is 1.94 bits per heavy atom. The van der Waals surface area contributed by atoms with Gasteiger partial charge < -0.3 is 24.4 Å². The van der Waals surface area contributed by atoms with E-state index in [-0.39, 0.29) is 18.6 Å². The number of methoxy groups -OCH3 is 2. The van der Waals surface area contributed by atoms with Crippen molar-refractivity contribution in [1.29, 1.82) is 0 Å². The molecule has 184 valence electrons. The molecule has 1 atom stereocenters. The molecule has 4 rings (SSSR count). The third kappa shape index (κ3) is 5.68. The van der Waals surface area contributed by atoms with E-state index in [9.17, 15) is 9.59 Å². The van der Waals surface area contributed by atoms with Crippen molar-refractivity contribution in [3.05, 3.63) is 70.9 Å². The normalized spacial score (nSPS) is 17.4. The lowest BCUT2D eigenvalue weighted by atomic mass is 9.94. The molecule has 1 saturated heterocycles. The highest BCUT2D eigenvalue weighted by molar-refractivity contribution is 8.13. The van der Waals surface area contributed by atoms with Crippen LogP contribution >= 0.6 is 11.8 Å². The SMILES string of the molecule is COCCOC(=O)C1=C(C)N=C2SCCCN2[C@H]1c1ccc(NC(=O)c2cccc(OC)c2)cc1. The summed E-state index contributed by atoms with van der Waals surface area (Å²) in [5.41, 5.74) is 3.28.